The summed E-state index contributed by atoms with van der Waals surface area (Å²) in [7, 11) is 0. The SMILES string of the molecule is O=C(Nc1ccc(Cl)cc1)c1cnn2c1NC(c1ccc(Br)cc1)=C[C@H]2c1ccccc1F. The standard InChI is InChI=1S/C25H17BrClFN4O/c26-16-7-5-15(6-8-16)22-13-23(19-3-1-2-4-21(19)28)32-24(31-22)20(14-29-32)25(33)30-18-11-9-17(27)10-12-18/h1-14,23,31H,(H,30,33)/t23-/m0/s1. The number of hydrogen-bond donors (Lipinski definition) is 2. The lowest BCUT2D eigenvalue weighted by atomic mass is 10.0. The highest BCUT2D eigenvalue weighted by Gasteiger charge is 2.29. The summed E-state index contributed by atoms with van der Waals surface area (Å²) in [6, 6.07) is 20.6. The van der Waals surface area contributed by atoms with Crippen LogP contribution in [-0.4, -0.2) is 15.7 Å². The maximum Gasteiger partial charge on any atom is 0.261 e. The topological polar surface area (TPSA) is 59.0 Å². The number of hydrogen-bond acceptors (Lipinski definition) is 3. The first-order chi connectivity index (χ1) is 16.0. The average Bonchev–Trinajstić information content (AvgIpc) is 3.25. The monoisotopic (exact) mass is 522 g/mol. The maximum absolute atomic E-state index is 14.7. The number of rotatable bonds is 4. The Bertz CT molecular complexity index is 1370. The van der Waals surface area contributed by atoms with Crippen LogP contribution in [0.15, 0.2) is 89.5 Å². The smallest absolute Gasteiger partial charge is 0.261 e. The Hall–Kier alpha value is -3.42. The summed E-state index contributed by atoms with van der Waals surface area (Å²) >= 11 is 9.39. The number of nitrogens with one attached hydrogen (secondary N) is 2. The molecule has 2 heterocycles. The van der Waals surface area contributed by atoms with Crippen molar-refractivity contribution >= 4 is 50.6 Å². The second-order valence-corrected chi connectivity index (χ2v) is 8.84. The van der Waals surface area contributed by atoms with Gasteiger partial charge in [0, 0.05) is 26.4 Å². The molecule has 8 heteroatoms. The summed E-state index contributed by atoms with van der Waals surface area (Å²) in [5.74, 6) is -0.199. The predicted octanol–water partition coefficient (Wildman–Crippen LogP) is 6.75. The molecule has 33 heavy (non-hydrogen) atoms. The molecule has 164 valence electrons. The molecule has 0 bridgehead atoms. The molecule has 5 rings (SSSR count). The second-order valence-electron chi connectivity index (χ2n) is 7.49. The number of benzene rings is 3. The fourth-order valence-electron chi connectivity index (χ4n) is 3.73. The Balaban J connectivity index is 1.56. The van der Waals surface area contributed by atoms with Gasteiger partial charge in [0.25, 0.3) is 5.91 Å². The summed E-state index contributed by atoms with van der Waals surface area (Å²) in [5.41, 5.74) is 3.06. The lowest BCUT2D eigenvalue weighted by Crippen LogP contribution is -2.22. The average molecular weight is 524 g/mol. The summed E-state index contributed by atoms with van der Waals surface area (Å²) in [4.78, 5) is 13.1. The number of anilines is 2. The van der Waals surface area contributed by atoms with Crippen molar-refractivity contribution in [2.24, 2.45) is 0 Å². The third kappa shape index (κ3) is 4.29. The van der Waals surface area contributed by atoms with Gasteiger partial charge in [-0.3, -0.25) is 4.79 Å². The Morgan fingerprint density at radius 1 is 1.06 bits per heavy atom. The molecule has 1 aliphatic rings. The summed E-state index contributed by atoms with van der Waals surface area (Å²) in [6.45, 7) is 0. The number of fused-ring (bicyclic) bond motifs is 1. The summed E-state index contributed by atoms with van der Waals surface area (Å²) in [6.07, 6.45) is 3.39. The summed E-state index contributed by atoms with van der Waals surface area (Å²) < 4.78 is 17.3. The normalized spacial score (nSPS) is 14.8. The van der Waals surface area contributed by atoms with E-state index >= 15 is 0 Å². The number of amides is 1. The van der Waals surface area contributed by atoms with E-state index in [2.05, 4.69) is 31.7 Å². The van der Waals surface area contributed by atoms with Crippen molar-refractivity contribution in [1.29, 1.82) is 0 Å². The first kappa shape index (κ1) is 21.4. The van der Waals surface area contributed by atoms with Crippen LogP contribution < -0.4 is 10.6 Å². The lowest BCUT2D eigenvalue weighted by Gasteiger charge is -2.26. The molecule has 1 atom stereocenters. The van der Waals surface area contributed by atoms with Crippen LogP contribution in [0.4, 0.5) is 15.9 Å². The quantitative estimate of drug-likeness (QED) is 0.311. The minimum atomic E-state index is -0.529. The number of carbonyl (C=O) groups excluding carboxylic acids is 1. The van der Waals surface area contributed by atoms with Crippen LogP contribution in [0.25, 0.3) is 5.70 Å². The molecule has 4 aromatic rings. The fourth-order valence-corrected chi connectivity index (χ4v) is 4.12. The molecule has 5 nitrogen and oxygen atoms in total. The van der Waals surface area contributed by atoms with Gasteiger partial charge in [-0.05, 0) is 54.1 Å². The van der Waals surface area contributed by atoms with Gasteiger partial charge in [-0.25, -0.2) is 9.07 Å². The van der Waals surface area contributed by atoms with Crippen molar-refractivity contribution in [3.05, 3.63) is 117 Å². The zero-order chi connectivity index (χ0) is 22.9. The second kappa shape index (κ2) is 8.84. The minimum absolute atomic E-state index is 0.338. The van der Waals surface area contributed by atoms with Crippen molar-refractivity contribution in [1.82, 2.24) is 9.78 Å². The van der Waals surface area contributed by atoms with E-state index in [0.717, 1.165) is 15.7 Å². The third-order valence-electron chi connectivity index (χ3n) is 5.36. The summed E-state index contributed by atoms with van der Waals surface area (Å²) in [5, 5.41) is 11.2. The highest BCUT2D eigenvalue weighted by Crippen LogP contribution is 2.36. The van der Waals surface area contributed by atoms with Crippen LogP contribution in [0.3, 0.4) is 0 Å². The van der Waals surface area contributed by atoms with Gasteiger partial charge in [-0.15, -0.1) is 0 Å². The Morgan fingerprint density at radius 3 is 2.52 bits per heavy atom. The van der Waals surface area contributed by atoms with Crippen LogP contribution in [0.2, 0.25) is 5.02 Å². The van der Waals surface area contributed by atoms with Crippen LogP contribution in [0, 0.1) is 5.82 Å². The lowest BCUT2D eigenvalue weighted by molar-refractivity contribution is 0.102. The number of halogens is 3. The Morgan fingerprint density at radius 2 is 1.79 bits per heavy atom. The predicted molar refractivity (Wildman–Crippen MR) is 132 cm³/mol. The van der Waals surface area contributed by atoms with Crippen molar-refractivity contribution in [3.63, 3.8) is 0 Å². The van der Waals surface area contributed by atoms with E-state index < -0.39 is 6.04 Å². The Kier molecular flexibility index (Phi) is 5.74. The van der Waals surface area contributed by atoms with Crippen LogP contribution >= 0.6 is 27.5 Å². The van der Waals surface area contributed by atoms with Gasteiger partial charge in [0.2, 0.25) is 0 Å². The van der Waals surface area contributed by atoms with E-state index in [4.69, 9.17) is 11.6 Å². The maximum atomic E-state index is 14.7. The van der Waals surface area contributed by atoms with Crippen LogP contribution in [0.5, 0.6) is 0 Å². The molecular weight excluding hydrogens is 507 g/mol. The number of nitrogens with zero attached hydrogens (tertiary/aromatic N) is 2. The van der Waals surface area contributed by atoms with E-state index in [1.807, 2.05) is 30.3 Å². The first-order valence-corrected chi connectivity index (χ1v) is 11.3. The molecule has 0 saturated carbocycles. The molecule has 0 saturated heterocycles. The number of allylic oxidation sites excluding steroid dienone is 1. The van der Waals surface area contributed by atoms with Gasteiger partial charge < -0.3 is 10.6 Å². The first-order valence-electron chi connectivity index (χ1n) is 10.1. The van der Waals surface area contributed by atoms with Crippen LogP contribution in [-0.2, 0) is 0 Å². The Labute approximate surface area is 203 Å². The molecule has 1 aliphatic heterocycles. The highest BCUT2D eigenvalue weighted by atomic mass is 79.9. The van der Waals surface area contributed by atoms with E-state index in [1.165, 1.54) is 12.3 Å². The molecule has 0 radical (unpaired) electrons. The molecule has 0 unspecified atom stereocenters. The van der Waals surface area contributed by atoms with Gasteiger partial charge in [0.05, 0.1) is 6.20 Å². The molecule has 0 aliphatic carbocycles. The molecule has 1 amide bonds. The zero-order valence-electron chi connectivity index (χ0n) is 17.1. The van der Waals surface area contributed by atoms with Crippen molar-refractivity contribution in [3.8, 4) is 0 Å². The van der Waals surface area contributed by atoms with E-state index in [-0.39, 0.29) is 11.7 Å². The molecular formula is C25H17BrClFN4O. The molecule has 1 aromatic heterocycles. The van der Waals surface area contributed by atoms with E-state index in [9.17, 15) is 9.18 Å². The van der Waals surface area contributed by atoms with Crippen molar-refractivity contribution in [2.45, 2.75) is 6.04 Å². The number of aromatic nitrogens is 2. The molecule has 3 aromatic carbocycles. The molecule has 2 N–H and O–H groups in total. The van der Waals surface area contributed by atoms with Gasteiger partial charge in [-0.1, -0.05) is 57.9 Å². The fraction of sp³-hybridized carbons (Fsp3) is 0.0400. The van der Waals surface area contributed by atoms with Crippen LogP contribution in [0.1, 0.15) is 27.5 Å². The largest absolute Gasteiger partial charge is 0.339 e. The van der Waals surface area contributed by atoms with Gasteiger partial charge >= 0.3 is 0 Å². The molecule has 0 spiro atoms. The molecule has 0 fully saturated rings. The highest BCUT2D eigenvalue weighted by molar-refractivity contribution is 9.10. The van der Waals surface area contributed by atoms with Gasteiger partial charge in [-0.2, -0.15) is 5.10 Å². The zero-order valence-corrected chi connectivity index (χ0v) is 19.4. The van der Waals surface area contributed by atoms with Gasteiger partial charge in [0.15, 0.2) is 0 Å². The number of carbonyl (C=O) groups is 1. The van der Waals surface area contributed by atoms with Crippen molar-refractivity contribution in [2.75, 3.05) is 10.6 Å². The third-order valence-corrected chi connectivity index (χ3v) is 6.14. The van der Waals surface area contributed by atoms with Crippen molar-refractivity contribution < 1.29 is 9.18 Å². The minimum Gasteiger partial charge on any atom is -0.339 e. The van der Waals surface area contributed by atoms with E-state index in [0.29, 0.717) is 27.7 Å². The van der Waals surface area contributed by atoms with Gasteiger partial charge in [0.1, 0.15) is 23.2 Å². The van der Waals surface area contributed by atoms with E-state index in [1.54, 1.807) is 47.1 Å².